The Kier molecular flexibility index (Phi) is 7.36. The number of allylic oxidation sites excluding steroid dienone is 1. The lowest BCUT2D eigenvalue weighted by atomic mass is 10.2. The highest BCUT2D eigenvalue weighted by molar-refractivity contribution is 5.82. The van der Waals surface area contributed by atoms with Gasteiger partial charge in [-0.15, -0.1) is 0 Å². The average Bonchev–Trinajstić information content (AvgIpc) is 2.05. The molecule has 0 aromatic carbocycles. The summed E-state index contributed by atoms with van der Waals surface area (Å²) < 4.78 is 4.98. The third-order valence-electron chi connectivity index (χ3n) is 1.75. The first-order valence-corrected chi connectivity index (χ1v) is 5.04. The normalized spacial score (nSPS) is 11.5. The lowest BCUT2D eigenvalue weighted by molar-refractivity contribution is -0.137. The first-order chi connectivity index (χ1) is 6.20. The van der Waals surface area contributed by atoms with Crippen LogP contribution < -0.4 is 0 Å². The quantitative estimate of drug-likeness (QED) is 0.360. The van der Waals surface area contributed by atoms with Crippen LogP contribution in [0.3, 0.4) is 0 Å². The van der Waals surface area contributed by atoms with Crippen molar-refractivity contribution in [3.63, 3.8) is 0 Å². The van der Waals surface area contributed by atoms with Gasteiger partial charge in [-0.25, -0.2) is 4.79 Å². The number of carbonyl (C=O) groups excluding carboxylic acids is 1. The molecule has 0 amide bonds. The molecular weight excluding hydrogens is 164 g/mol. The Labute approximate surface area is 81.0 Å². The molecule has 0 aliphatic carbocycles. The number of rotatable bonds is 6. The van der Waals surface area contributed by atoms with E-state index < -0.39 is 0 Å². The fourth-order valence-electron chi connectivity index (χ4n) is 1.03. The minimum absolute atomic E-state index is 0.195. The van der Waals surface area contributed by atoms with Crippen molar-refractivity contribution in [2.24, 2.45) is 0 Å². The molecule has 0 bridgehead atoms. The van der Waals surface area contributed by atoms with Crippen LogP contribution in [0.15, 0.2) is 11.6 Å². The van der Waals surface area contributed by atoms with E-state index in [4.69, 9.17) is 4.74 Å². The van der Waals surface area contributed by atoms with Crippen LogP contribution in [0.25, 0.3) is 0 Å². The summed E-state index contributed by atoms with van der Waals surface area (Å²) in [5.41, 5.74) is 1.10. The Morgan fingerprint density at radius 2 is 2.00 bits per heavy atom. The number of hydrogen-bond donors (Lipinski definition) is 0. The van der Waals surface area contributed by atoms with Gasteiger partial charge in [0.25, 0.3) is 0 Å². The summed E-state index contributed by atoms with van der Waals surface area (Å²) in [6, 6.07) is 0. The molecule has 0 rings (SSSR count). The maximum Gasteiger partial charge on any atom is 0.330 e. The Morgan fingerprint density at radius 3 is 2.54 bits per heavy atom. The van der Waals surface area contributed by atoms with Gasteiger partial charge in [0, 0.05) is 6.08 Å². The van der Waals surface area contributed by atoms with Crippen LogP contribution in [-0.2, 0) is 9.53 Å². The van der Waals surface area contributed by atoms with Gasteiger partial charge in [-0.3, -0.25) is 0 Å². The molecule has 0 aromatic rings. The van der Waals surface area contributed by atoms with E-state index >= 15 is 0 Å². The molecule has 13 heavy (non-hydrogen) atoms. The zero-order valence-electron chi connectivity index (χ0n) is 8.93. The third kappa shape index (κ3) is 7.57. The highest BCUT2D eigenvalue weighted by Crippen LogP contribution is 2.03. The van der Waals surface area contributed by atoms with Crippen LogP contribution in [0.1, 0.15) is 46.5 Å². The van der Waals surface area contributed by atoms with E-state index in [1.165, 1.54) is 0 Å². The second kappa shape index (κ2) is 7.84. The van der Waals surface area contributed by atoms with E-state index in [0.29, 0.717) is 6.61 Å². The summed E-state index contributed by atoms with van der Waals surface area (Å²) in [4.78, 5) is 11.1. The van der Waals surface area contributed by atoms with Crippen molar-refractivity contribution in [2.45, 2.75) is 46.5 Å². The third-order valence-corrected chi connectivity index (χ3v) is 1.75. The Hall–Kier alpha value is -0.790. The summed E-state index contributed by atoms with van der Waals surface area (Å²) in [5, 5.41) is 0. The number of hydrogen-bond acceptors (Lipinski definition) is 2. The Balaban J connectivity index is 3.65. The van der Waals surface area contributed by atoms with Crippen molar-refractivity contribution in [3.05, 3.63) is 11.6 Å². The minimum Gasteiger partial charge on any atom is -0.463 e. The summed E-state index contributed by atoms with van der Waals surface area (Å²) in [6.07, 6.45) is 5.66. The van der Waals surface area contributed by atoms with Gasteiger partial charge in [-0.05, 0) is 19.8 Å². The number of unbranched alkanes of at least 4 members (excludes halogenated alkanes) is 1. The van der Waals surface area contributed by atoms with Crippen LogP contribution >= 0.6 is 0 Å². The maximum atomic E-state index is 11.1. The second-order valence-electron chi connectivity index (χ2n) is 3.26. The zero-order chi connectivity index (χ0) is 10.1. The predicted octanol–water partition coefficient (Wildman–Crippen LogP) is 3.08. The average molecular weight is 184 g/mol. The van der Waals surface area contributed by atoms with Crippen LogP contribution in [0.2, 0.25) is 0 Å². The van der Waals surface area contributed by atoms with Gasteiger partial charge in [0.15, 0.2) is 0 Å². The molecule has 0 aliphatic heterocycles. The van der Waals surface area contributed by atoms with Gasteiger partial charge < -0.3 is 4.74 Å². The van der Waals surface area contributed by atoms with Crippen molar-refractivity contribution < 1.29 is 9.53 Å². The van der Waals surface area contributed by atoms with Crippen LogP contribution in [0, 0.1) is 0 Å². The molecule has 0 saturated heterocycles. The van der Waals surface area contributed by atoms with Gasteiger partial charge in [0.1, 0.15) is 0 Å². The predicted molar refractivity (Wildman–Crippen MR) is 54.5 cm³/mol. The molecule has 2 heteroatoms. The van der Waals surface area contributed by atoms with Gasteiger partial charge in [0.05, 0.1) is 6.61 Å². The second-order valence-corrected chi connectivity index (χ2v) is 3.26. The standard InChI is InChI=1S/C11H20O2/c1-4-6-8-13-11(12)9-10(3)7-5-2/h9H,4-8H2,1-3H3/b10-9+. The van der Waals surface area contributed by atoms with Crippen molar-refractivity contribution in [2.75, 3.05) is 6.61 Å². The van der Waals surface area contributed by atoms with E-state index in [1.54, 1.807) is 6.08 Å². The molecule has 2 nitrogen and oxygen atoms in total. The fourth-order valence-corrected chi connectivity index (χ4v) is 1.03. The molecule has 0 aromatic heterocycles. The highest BCUT2D eigenvalue weighted by Gasteiger charge is 1.97. The van der Waals surface area contributed by atoms with Gasteiger partial charge >= 0.3 is 5.97 Å². The molecule has 76 valence electrons. The van der Waals surface area contributed by atoms with Gasteiger partial charge in [-0.1, -0.05) is 32.3 Å². The maximum absolute atomic E-state index is 11.1. The molecular formula is C11H20O2. The Morgan fingerprint density at radius 1 is 1.31 bits per heavy atom. The van der Waals surface area contributed by atoms with Crippen LogP contribution in [0.4, 0.5) is 0 Å². The zero-order valence-corrected chi connectivity index (χ0v) is 8.93. The molecule has 0 unspecified atom stereocenters. The van der Waals surface area contributed by atoms with Gasteiger partial charge in [0.2, 0.25) is 0 Å². The molecule has 0 aliphatic rings. The highest BCUT2D eigenvalue weighted by atomic mass is 16.5. The molecule has 0 atom stereocenters. The Bertz CT molecular complexity index is 171. The summed E-state index contributed by atoms with van der Waals surface area (Å²) in [7, 11) is 0. The van der Waals surface area contributed by atoms with E-state index in [2.05, 4.69) is 13.8 Å². The minimum atomic E-state index is -0.195. The lowest BCUT2D eigenvalue weighted by Crippen LogP contribution is -2.02. The van der Waals surface area contributed by atoms with Crippen molar-refractivity contribution in [3.8, 4) is 0 Å². The van der Waals surface area contributed by atoms with Crippen molar-refractivity contribution in [1.29, 1.82) is 0 Å². The summed E-state index contributed by atoms with van der Waals surface area (Å²) in [5.74, 6) is -0.195. The molecule has 0 saturated carbocycles. The first-order valence-electron chi connectivity index (χ1n) is 5.04. The summed E-state index contributed by atoms with van der Waals surface area (Å²) >= 11 is 0. The largest absolute Gasteiger partial charge is 0.463 e. The van der Waals surface area contributed by atoms with Crippen LogP contribution in [0.5, 0.6) is 0 Å². The monoisotopic (exact) mass is 184 g/mol. The number of ether oxygens (including phenoxy) is 1. The molecule has 0 fully saturated rings. The molecule has 0 heterocycles. The van der Waals surface area contributed by atoms with Gasteiger partial charge in [-0.2, -0.15) is 0 Å². The van der Waals surface area contributed by atoms with E-state index in [1.807, 2.05) is 6.92 Å². The molecule has 0 radical (unpaired) electrons. The van der Waals surface area contributed by atoms with Crippen molar-refractivity contribution >= 4 is 5.97 Å². The fraction of sp³-hybridized carbons (Fsp3) is 0.727. The van der Waals surface area contributed by atoms with Crippen LogP contribution in [-0.4, -0.2) is 12.6 Å². The SMILES string of the molecule is CCCCOC(=O)/C=C(\C)CCC. The topological polar surface area (TPSA) is 26.3 Å². The summed E-state index contributed by atoms with van der Waals surface area (Å²) in [6.45, 7) is 6.68. The van der Waals surface area contributed by atoms with E-state index in [0.717, 1.165) is 31.3 Å². The lowest BCUT2D eigenvalue weighted by Gasteiger charge is -2.01. The molecule has 0 N–H and O–H groups in total. The number of esters is 1. The smallest absolute Gasteiger partial charge is 0.330 e. The van der Waals surface area contributed by atoms with E-state index in [9.17, 15) is 4.79 Å². The number of carbonyl (C=O) groups is 1. The van der Waals surface area contributed by atoms with Crippen molar-refractivity contribution in [1.82, 2.24) is 0 Å². The van der Waals surface area contributed by atoms with E-state index in [-0.39, 0.29) is 5.97 Å². The molecule has 0 spiro atoms. The first kappa shape index (κ1) is 12.2.